The number of carboxylic acids is 1. The summed E-state index contributed by atoms with van der Waals surface area (Å²) in [6, 6.07) is 7.88. The average Bonchev–Trinajstić information content (AvgIpc) is 3.48. The van der Waals surface area contributed by atoms with Crippen LogP contribution in [0.3, 0.4) is 0 Å². The number of benzene rings is 2. The van der Waals surface area contributed by atoms with Crippen LogP contribution in [0.1, 0.15) is 33.5 Å². The van der Waals surface area contributed by atoms with Crippen molar-refractivity contribution < 1.29 is 38.1 Å². The number of carbonyl (C=O) groups excluding carboxylic acids is 1. The topological polar surface area (TPSA) is 108 Å². The minimum Gasteiger partial charge on any atom is -0.480 e. The number of rotatable bonds is 5. The van der Waals surface area contributed by atoms with Gasteiger partial charge in [0, 0.05) is 23.1 Å². The summed E-state index contributed by atoms with van der Waals surface area (Å²) in [4.78, 5) is 25.8. The molecule has 2 heterocycles. The minimum absolute atomic E-state index is 0.0467. The van der Waals surface area contributed by atoms with Crippen LogP contribution in [0.25, 0.3) is 11.1 Å². The van der Waals surface area contributed by atoms with E-state index in [1.807, 2.05) is 0 Å². The lowest BCUT2D eigenvalue weighted by molar-refractivity contribution is -0.152. The molecule has 2 atom stereocenters. The summed E-state index contributed by atoms with van der Waals surface area (Å²) < 4.78 is 41.1. The Kier molecular flexibility index (Phi) is 5.44. The van der Waals surface area contributed by atoms with Crippen molar-refractivity contribution in [3.8, 4) is 11.1 Å². The number of aliphatic carboxylic acids is 1. The van der Waals surface area contributed by atoms with Gasteiger partial charge < -0.3 is 25.0 Å². The number of aliphatic hydroxyl groups excluding tert-OH is 1. The third-order valence-corrected chi connectivity index (χ3v) is 6.75. The van der Waals surface area contributed by atoms with Gasteiger partial charge in [0.25, 0.3) is 11.8 Å². The zero-order chi connectivity index (χ0) is 24.3. The molecule has 0 radical (unpaired) electrons. The highest BCUT2D eigenvalue weighted by molar-refractivity contribution is 5.97. The molecular weight excluding hydrogens is 450 g/mol. The molecule has 34 heavy (non-hydrogen) atoms. The smallest absolute Gasteiger partial charge is 0.321 e. The molecule has 0 saturated carbocycles. The lowest BCUT2D eigenvalue weighted by Gasteiger charge is -2.27. The monoisotopic (exact) mass is 474 g/mol. The van der Waals surface area contributed by atoms with Gasteiger partial charge in [-0.15, -0.1) is 0 Å². The van der Waals surface area contributed by atoms with Gasteiger partial charge in [0.2, 0.25) is 0 Å². The Morgan fingerprint density at radius 1 is 1.21 bits per heavy atom. The molecular formula is C24H24F2N2O6. The Bertz CT molecular complexity index is 1160. The van der Waals surface area contributed by atoms with Crippen LogP contribution in [0.5, 0.6) is 0 Å². The number of carboxylic acid groups (broad SMARTS) is 1. The van der Waals surface area contributed by atoms with Gasteiger partial charge in [-0.25, -0.2) is 0 Å². The summed E-state index contributed by atoms with van der Waals surface area (Å²) in [5.74, 6) is -5.93. The molecule has 8 nitrogen and oxygen atoms in total. The molecule has 2 aliphatic heterocycles. The van der Waals surface area contributed by atoms with Gasteiger partial charge in [0.1, 0.15) is 12.3 Å². The van der Waals surface area contributed by atoms with Crippen LogP contribution < -0.4 is 5.32 Å². The Hall–Kier alpha value is -2.92. The van der Waals surface area contributed by atoms with Crippen molar-refractivity contribution in [1.29, 1.82) is 0 Å². The van der Waals surface area contributed by atoms with E-state index in [2.05, 4.69) is 5.32 Å². The fraction of sp³-hybridized carbons (Fsp3) is 0.417. The number of likely N-dealkylation sites (tertiary alicyclic amines) is 1. The fourth-order valence-electron chi connectivity index (χ4n) is 5.14. The normalized spacial score (nSPS) is 23.0. The number of hydrogen-bond acceptors (Lipinski definition) is 6. The summed E-state index contributed by atoms with van der Waals surface area (Å²) in [6.45, 7) is 2.09. The number of halogens is 2. The number of aryl methyl sites for hydroxylation is 1. The van der Waals surface area contributed by atoms with Crippen molar-refractivity contribution in [3.63, 3.8) is 0 Å². The Morgan fingerprint density at radius 3 is 2.65 bits per heavy atom. The van der Waals surface area contributed by atoms with Gasteiger partial charge in [-0.2, -0.15) is 8.78 Å². The Labute approximate surface area is 194 Å². The highest BCUT2D eigenvalue weighted by Crippen LogP contribution is 2.52. The van der Waals surface area contributed by atoms with Gasteiger partial charge in [0.05, 0.1) is 26.3 Å². The van der Waals surface area contributed by atoms with E-state index < -0.39 is 35.9 Å². The van der Waals surface area contributed by atoms with Gasteiger partial charge in [-0.1, -0.05) is 24.3 Å². The zero-order valence-corrected chi connectivity index (χ0v) is 18.4. The van der Waals surface area contributed by atoms with E-state index in [9.17, 15) is 28.6 Å². The van der Waals surface area contributed by atoms with Crippen molar-refractivity contribution >= 4 is 11.9 Å². The zero-order valence-electron chi connectivity index (χ0n) is 18.4. The van der Waals surface area contributed by atoms with Crippen LogP contribution in [-0.2, 0) is 20.2 Å². The van der Waals surface area contributed by atoms with Crippen LogP contribution in [0.15, 0.2) is 36.4 Å². The van der Waals surface area contributed by atoms with Crippen LogP contribution >= 0.6 is 0 Å². The number of ether oxygens (including phenoxy) is 2. The van der Waals surface area contributed by atoms with E-state index in [1.165, 1.54) is 23.1 Å². The molecule has 180 valence electrons. The lowest BCUT2D eigenvalue weighted by Crippen LogP contribution is -2.49. The molecule has 5 rings (SSSR count). The van der Waals surface area contributed by atoms with Crippen LogP contribution in [0.4, 0.5) is 8.78 Å². The third kappa shape index (κ3) is 3.58. The molecule has 2 fully saturated rings. The largest absolute Gasteiger partial charge is 0.480 e. The molecule has 2 aromatic carbocycles. The van der Waals surface area contributed by atoms with E-state index in [0.29, 0.717) is 29.9 Å². The lowest BCUT2D eigenvalue weighted by atomic mass is 10.0. The second-order valence-electron chi connectivity index (χ2n) is 8.86. The Morgan fingerprint density at radius 2 is 1.94 bits per heavy atom. The van der Waals surface area contributed by atoms with Crippen LogP contribution in [0.2, 0.25) is 0 Å². The predicted molar refractivity (Wildman–Crippen MR) is 115 cm³/mol. The SMILES string of the molecule is Cc1cccc2c1C(F)(F)c1ccc(C(=O)NCC(O)N3CC4(CC3C(=O)O)OCCO4)cc1-2. The van der Waals surface area contributed by atoms with E-state index in [-0.39, 0.29) is 36.2 Å². The molecule has 3 N–H and O–H groups in total. The number of hydrogen-bond donors (Lipinski definition) is 3. The molecule has 1 spiro atoms. The second kappa shape index (κ2) is 8.09. The summed E-state index contributed by atoms with van der Waals surface area (Å²) in [6.07, 6.45) is -1.25. The van der Waals surface area contributed by atoms with E-state index in [0.717, 1.165) is 0 Å². The molecule has 10 heteroatoms. The first-order valence-corrected chi connectivity index (χ1v) is 11.0. The highest BCUT2D eigenvalue weighted by Gasteiger charge is 2.52. The fourth-order valence-corrected chi connectivity index (χ4v) is 5.14. The van der Waals surface area contributed by atoms with Crippen molar-refractivity contribution in [3.05, 3.63) is 58.7 Å². The van der Waals surface area contributed by atoms with Crippen molar-refractivity contribution in [1.82, 2.24) is 10.2 Å². The molecule has 2 aromatic rings. The van der Waals surface area contributed by atoms with Gasteiger partial charge >= 0.3 is 5.97 Å². The molecule has 0 aromatic heterocycles. The first-order chi connectivity index (χ1) is 16.1. The number of aliphatic hydroxyl groups is 1. The van der Waals surface area contributed by atoms with Crippen LogP contribution in [-0.4, -0.2) is 71.3 Å². The van der Waals surface area contributed by atoms with E-state index >= 15 is 0 Å². The number of nitrogens with one attached hydrogen (secondary N) is 1. The molecule has 2 unspecified atom stereocenters. The number of fused-ring (bicyclic) bond motifs is 3. The first kappa shape index (κ1) is 22.9. The van der Waals surface area contributed by atoms with Crippen LogP contribution in [0, 0.1) is 6.92 Å². The summed E-state index contributed by atoms with van der Waals surface area (Å²) in [5, 5.41) is 22.7. The summed E-state index contributed by atoms with van der Waals surface area (Å²) in [7, 11) is 0. The maximum Gasteiger partial charge on any atom is 0.321 e. The maximum atomic E-state index is 15.0. The maximum absolute atomic E-state index is 15.0. The Balaban J connectivity index is 1.31. The second-order valence-corrected chi connectivity index (χ2v) is 8.86. The summed E-state index contributed by atoms with van der Waals surface area (Å²) in [5.41, 5.74) is 1.09. The van der Waals surface area contributed by atoms with Crippen molar-refractivity contribution in [2.75, 3.05) is 26.3 Å². The quantitative estimate of drug-likeness (QED) is 0.609. The number of nitrogens with zero attached hydrogens (tertiary/aromatic N) is 1. The van der Waals surface area contributed by atoms with Crippen molar-refractivity contribution in [2.24, 2.45) is 0 Å². The summed E-state index contributed by atoms with van der Waals surface area (Å²) >= 11 is 0. The van der Waals surface area contributed by atoms with E-state index in [1.54, 1.807) is 25.1 Å². The standard InChI is InChI=1S/C24H24F2N2O6/c1-13-3-2-4-15-16-9-14(5-6-17(16)24(25,26)20(13)15)21(30)27-11-19(29)28-12-23(33-7-8-34-23)10-18(28)22(31)32/h2-6,9,18-19,29H,7-8,10-12H2,1H3,(H,27,30)(H,31,32). The number of carbonyl (C=O) groups is 2. The molecule has 0 bridgehead atoms. The third-order valence-electron chi connectivity index (χ3n) is 6.75. The number of alkyl halides is 2. The van der Waals surface area contributed by atoms with Gasteiger partial charge in [0.15, 0.2) is 5.79 Å². The van der Waals surface area contributed by atoms with Gasteiger partial charge in [-0.3, -0.25) is 14.5 Å². The molecule has 1 amide bonds. The van der Waals surface area contributed by atoms with Gasteiger partial charge in [-0.05, 0) is 35.7 Å². The predicted octanol–water partition coefficient (Wildman–Crippen LogP) is 2.07. The number of amides is 1. The van der Waals surface area contributed by atoms with E-state index in [4.69, 9.17) is 9.47 Å². The first-order valence-electron chi connectivity index (χ1n) is 11.0. The molecule has 3 aliphatic rings. The highest BCUT2D eigenvalue weighted by atomic mass is 19.3. The minimum atomic E-state index is -3.15. The molecule has 2 saturated heterocycles. The van der Waals surface area contributed by atoms with Crippen molar-refractivity contribution in [2.45, 2.75) is 37.3 Å². The molecule has 1 aliphatic carbocycles. The average molecular weight is 474 g/mol.